The SMILES string of the molecule is CN=C(NCCc1nc(C(C)C)no1)NCc1ccc(CN2CCCCC2)cc1. The van der Waals surface area contributed by atoms with Crippen LogP contribution in [0.1, 0.15) is 61.9 Å². The van der Waals surface area contributed by atoms with Gasteiger partial charge in [-0.3, -0.25) is 9.89 Å². The summed E-state index contributed by atoms with van der Waals surface area (Å²) < 4.78 is 5.27. The topological polar surface area (TPSA) is 78.6 Å². The number of nitrogens with zero attached hydrogens (tertiary/aromatic N) is 4. The molecular weight excluding hydrogens is 364 g/mol. The van der Waals surface area contributed by atoms with Gasteiger partial charge in [0, 0.05) is 39.0 Å². The van der Waals surface area contributed by atoms with Crippen molar-refractivity contribution in [2.45, 2.75) is 58.5 Å². The second kappa shape index (κ2) is 11.0. The Labute approximate surface area is 174 Å². The molecule has 0 bridgehead atoms. The molecule has 29 heavy (non-hydrogen) atoms. The maximum absolute atomic E-state index is 5.27. The molecule has 7 nitrogen and oxygen atoms in total. The van der Waals surface area contributed by atoms with E-state index in [1.165, 1.54) is 43.5 Å². The van der Waals surface area contributed by atoms with Crippen molar-refractivity contribution in [3.8, 4) is 0 Å². The van der Waals surface area contributed by atoms with Crippen molar-refractivity contribution in [2.24, 2.45) is 4.99 Å². The Kier molecular flexibility index (Phi) is 8.04. The van der Waals surface area contributed by atoms with Gasteiger partial charge in [-0.15, -0.1) is 0 Å². The van der Waals surface area contributed by atoms with Crippen LogP contribution in [0, 0.1) is 0 Å². The zero-order chi connectivity index (χ0) is 20.5. The molecule has 2 aromatic rings. The normalized spacial score (nSPS) is 15.7. The first-order valence-electron chi connectivity index (χ1n) is 10.7. The molecule has 158 valence electrons. The van der Waals surface area contributed by atoms with Gasteiger partial charge in [-0.2, -0.15) is 4.98 Å². The molecule has 3 rings (SSSR count). The van der Waals surface area contributed by atoms with Gasteiger partial charge in [0.15, 0.2) is 11.8 Å². The highest BCUT2D eigenvalue weighted by Crippen LogP contribution is 2.13. The van der Waals surface area contributed by atoms with Crippen LogP contribution in [0.3, 0.4) is 0 Å². The minimum absolute atomic E-state index is 0.279. The molecule has 0 saturated carbocycles. The summed E-state index contributed by atoms with van der Waals surface area (Å²) in [5.41, 5.74) is 2.63. The minimum atomic E-state index is 0.279. The number of guanidine groups is 1. The number of rotatable bonds is 8. The first-order valence-corrected chi connectivity index (χ1v) is 10.7. The van der Waals surface area contributed by atoms with E-state index in [-0.39, 0.29) is 5.92 Å². The number of benzene rings is 1. The summed E-state index contributed by atoms with van der Waals surface area (Å²) in [7, 11) is 1.78. The van der Waals surface area contributed by atoms with Crippen LogP contribution in [0.2, 0.25) is 0 Å². The quantitative estimate of drug-likeness (QED) is 0.526. The molecule has 0 aliphatic carbocycles. The van der Waals surface area contributed by atoms with Crippen LogP contribution in [-0.2, 0) is 19.5 Å². The maximum atomic E-state index is 5.27. The van der Waals surface area contributed by atoms with Crippen molar-refractivity contribution in [3.63, 3.8) is 0 Å². The standard InChI is InChI=1S/C22H34N6O/c1-17(2)21-26-20(29-27-21)11-12-24-22(23-3)25-15-18-7-9-19(10-8-18)16-28-13-5-4-6-14-28/h7-10,17H,4-6,11-16H2,1-3H3,(H2,23,24,25). The van der Waals surface area contributed by atoms with E-state index < -0.39 is 0 Å². The molecule has 1 fully saturated rings. The smallest absolute Gasteiger partial charge is 0.228 e. The molecule has 1 aliphatic rings. The van der Waals surface area contributed by atoms with Gasteiger partial charge >= 0.3 is 0 Å². The van der Waals surface area contributed by atoms with Gasteiger partial charge in [0.05, 0.1) is 0 Å². The van der Waals surface area contributed by atoms with E-state index in [4.69, 9.17) is 4.52 Å². The summed E-state index contributed by atoms with van der Waals surface area (Å²) in [5, 5.41) is 10.6. The lowest BCUT2D eigenvalue weighted by molar-refractivity contribution is 0.221. The molecule has 0 unspecified atom stereocenters. The van der Waals surface area contributed by atoms with Gasteiger partial charge in [-0.1, -0.05) is 49.7 Å². The monoisotopic (exact) mass is 398 g/mol. The predicted molar refractivity (Wildman–Crippen MR) is 116 cm³/mol. The van der Waals surface area contributed by atoms with Crippen molar-refractivity contribution in [2.75, 3.05) is 26.7 Å². The molecule has 7 heteroatoms. The fraction of sp³-hybridized carbons (Fsp3) is 0.591. The van der Waals surface area contributed by atoms with Crippen molar-refractivity contribution >= 4 is 5.96 Å². The van der Waals surface area contributed by atoms with E-state index in [0.717, 1.165) is 24.9 Å². The molecule has 1 aliphatic heterocycles. The number of hydrogen-bond donors (Lipinski definition) is 2. The summed E-state index contributed by atoms with van der Waals surface area (Å²) in [6.07, 6.45) is 4.72. The molecule has 0 amide bonds. The van der Waals surface area contributed by atoms with Crippen molar-refractivity contribution < 1.29 is 4.52 Å². The number of aliphatic imine (C=N–C) groups is 1. The van der Waals surface area contributed by atoms with Crippen molar-refractivity contribution in [1.29, 1.82) is 0 Å². The molecule has 1 aromatic carbocycles. The summed E-state index contributed by atoms with van der Waals surface area (Å²) in [4.78, 5) is 11.2. The third-order valence-electron chi connectivity index (χ3n) is 5.19. The van der Waals surface area contributed by atoms with Crippen LogP contribution >= 0.6 is 0 Å². The van der Waals surface area contributed by atoms with Crippen LogP contribution < -0.4 is 10.6 Å². The fourth-order valence-corrected chi connectivity index (χ4v) is 3.44. The van der Waals surface area contributed by atoms with E-state index in [9.17, 15) is 0 Å². The second-order valence-electron chi connectivity index (χ2n) is 7.96. The van der Waals surface area contributed by atoms with Gasteiger partial charge in [-0.05, 0) is 37.1 Å². The molecule has 2 N–H and O–H groups in total. The Morgan fingerprint density at radius 2 is 1.83 bits per heavy atom. The fourth-order valence-electron chi connectivity index (χ4n) is 3.44. The summed E-state index contributed by atoms with van der Waals surface area (Å²) in [5.74, 6) is 2.46. The molecule has 0 spiro atoms. The highest BCUT2D eigenvalue weighted by molar-refractivity contribution is 5.79. The van der Waals surface area contributed by atoms with E-state index in [1.54, 1.807) is 7.05 Å². The highest BCUT2D eigenvalue weighted by Gasteiger charge is 2.11. The molecule has 0 atom stereocenters. The van der Waals surface area contributed by atoms with Crippen molar-refractivity contribution in [3.05, 3.63) is 47.1 Å². The Hall–Kier alpha value is -2.41. The highest BCUT2D eigenvalue weighted by atomic mass is 16.5. The number of piperidine rings is 1. The predicted octanol–water partition coefficient (Wildman–Crippen LogP) is 3.09. The molecule has 2 heterocycles. The van der Waals surface area contributed by atoms with Crippen LogP contribution in [0.5, 0.6) is 0 Å². The van der Waals surface area contributed by atoms with Crippen LogP contribution in [0.15, 0.2) is 33.8 Å². The molecular formula is C22H34N6O. The Bertz CT molecular complexity index is 762. The molecule has 1 aromatic heterocycles. The molecule has 0 radical (unpaired) electrons. The first-order chi connectivity index (χ1) is 14.1. The summed E-state index contributed by atoms with van der Waals surface area (Å²) in [6.45, 7) is 9.06. The van der Waals surface area contributed by atoms with Crippen LogP contribution in [0.25, 0.3) is 0 Å². The molecule has 1 saturated heterocycles. The van der Waals surface area contributed by atoms with Gasteiger partial charge in [0.2, 0.25) is 5.89 Å². The first kappa shape index (κ1) is 21.3. The maximum Gasteiger partial charge on any atom is 0.228 e. The third kappa shape index (κ3) is 6.85. The van der Waals surface area contributed by atoms with Crippen molar-refractivity contribution in [1.82, 2.24) is 25.7 Å². The lowest BCUT2D eigenvalue weighted by Gasteiger charge is -2.26. The average Bonchev–Trinajstić information content (AvgIpc) is 3.22. The Balaban J connectivity index is 1.39. The minimum Gasteiger partial charge on any atom is -0.356 e. The van der Waals surface area contributed by atoms with Crippen LogP contribution in [-0.4, -0.2) is 47.7 Å². The zero-order valence-electron chi connectivity index (χ0n) is 17.9. The average molecular weight is 399 g/mol. The van der Waals surface area contributed by atoms with Gasteiger partial charge in [0.1, 0.15) is 0 Å². The Morgan fingerprint density at radius 3 is 2.48 bits per heavy atom. The lowest BCUT2D eigenvalue weighted by Crippen LogP contribution is -2.37. The number of hydrogen-bond acceptors (Lipinski definition) is 5. The third-order valence-corrected chi connectivity index (χ3v) is 5.19. The van der Waals surface area contributed by atoms with E-state index in [2.05, 4.69) is 68.8 Å². The van der Waals surface area contributed by atoms with Gasteiger partial charge in [-0.25, -0.2) is 0 Å². The summed E-state index contributed by atoms with van der Waals surface area (Å²) in [6, 6.07) is 8.88. The van der Waals surface area contributed by atoms with Crippen LogP contribution in [0.4, 0.5) is 0 Å². The van der Waals surface area contributed by atoms with E-state index in [1.807, 2.05) is 0 Å². The van der Waals surface area contributed by atoms with Gasteiger partial charge < -0.3 is 15.2 Å². The summed E-state index contributed by atoms with van der Waals surface area (Å²) >= 11 is 0. The second-order valence-corrected chi connectivity index (χ2v) is 7.96. The zero-order valence-corrected chi connectivity index (χ0v) is 17.9. The largest absolute Gasteiger partial charge is 0.356 e. The lowest BCUT2D eigenvalue weighted by atomic mass is 10.1. The number of likely N-dealkylation sites (tertiary alicyclic amines) is 1. The van der Waals surface area contributed by atoms with Gasteiger partial charge in [0.25, 0.3) is 0 Å². The number of aromatic nitrogens is 2. The number of nitrogens with one attached hydrogen (secondary N) is 2. The Morgan fingerprint density at radius 1 is 1.10 bits per heavy atom. The van der Waals surface area contributed by atoms with E-state index in [0.29, 0.717) is 18.9 Å². The van der Waals surface area contributed by atoms with E-state index >= 15 is 0 Å².